The minimum atomic E-state index is -0.615. The highest BCUT2D eigenvalue weighted by atomic mass is 19.1. The Morgan fingerprint density at radius 1 is 1.50 bits per heavy atom. The first kappa shape index (κ1) is 11.4. The minimum Gasteiger partial charge on any atom is -0.493 e. The molecule has 0 aromatic heterocycles. The Bertz CT molecular complexity index is 379. The molecule has 16 heavy (non-hydrogen) atoms. The molecular weight excluding hydrogens is 209 g/mol. The van der Waals surface area contributed by atoms with Crippen molar-refractivity contribution in [2.24, 2.45) is 11.7 Å². The Labute approximate surface area is 94.0 Å². The van der Waals surface area contributed by atoms with Gasteiger partial charge in [-0.05, 0) is 24.8 Å². The van der Waals surface area contributed by atoms with Crippen LogP contribution in [0.25, 0.3) is 0 Å². The van der Waals surface area contributed by atoms with Crippen molar-refractivity contribution in [1.82, 2.24) is 0 Å². The zero-order valence-corrected chi connectivity index (χ0v) is 9.19. The molecule has 3 nitrogen and oxygen atoms in total. The summed E-state index contributed by atoms with van der Waals surface area (Å²) in [6, 6.07) is 4.00. The van der Waals surface area contributed by atoms with Crippen LogP contribution in [0.2, 0.25) is 0 Å². The monoisotopic (exact) mass is 225 g/mol. The molecule has 4 heteroatoms. The first-order valence-corrected chi connectivity index (χ1v) is 5.41. The van der Waals surface area contributed by atoms with Crippen LogP contribution >= 0.6 is 0 Å². The van der Waals surface area contributed by atoms with Gasteiger partial charge in [0, 0.05) is 5.56 Å². The molecule has 3 N–H and O–H groups in total. The van der Waals surface area contributed by atoms with Crippen LogP contribution < -0.4 is 10.5 Å². The molecule has 0 unspecified atom stereocenters. The van der Waals surface area contributed by atoms with Gasteiger partial charge in [0.25, 0.3) is 0 Å². The summed E-state index contributed by atoms with van der Waals surface area (Å²) in [5.41, 5.74) is 6.46. The third kappa shape index (κ3) is 2.03. The number of nitrogens with two attached hydrogens (primary N) is 1. The lowest BCUT2D eigenvalue weighted by atomic mass is 9.98. The first-order valence-electron chi connectivity index (χ1n) is 5.41. The Hall–Kier alpha value is -1.13. The zero-order chi connectivity index (χ0) is 11.7. The number of hydrogen-bond acceptors (Lipinski definition) is 3. The number of halogens is 1. The molecule has 0 spiro atoms. The fourth-order valence-corrected chi connectivity index (χ4v) is 1.92. The summed E-state index contributed by atoms with van der Waals surface area (Å²) >= 11 is 0. The van der Waals surface area contributed by atoms with Crippen molar-refractivity contribution in [3.63, 3.8) is 0 Å². The fraction of sp³-hybridized carbons (Fsp3) is 0.500. The quantitative estimate of drug-likeness (QED) is 0.818. The lowest BCUT2D eigenvalue weighted by Gasteiger charge is -2.21. The molecule has 2 atom stereocenters. The van der Waals surface area contributed by atoms with Crippen molar-refractivity contribution in [2.75, 3.05) is 7.11 Å². The van der Waals surface area contributed by atoms with Crippen molar-refractivity contribution in [1.29, 1.82) is 0 Å². The molecular formula is C12H16FNO2. The topological polar surface area (TPSA) is 55.5 Å². The van der Waals surface area contributed by atoms with Gasteiger partial charge >= 0.3 is 0 Å². The highest BCUT2D eigenvalue weighted by molar-refractivity contribution is 5.38. The maximum Gasteiger partial charge on any atom is 0.165 e. The number of methoxy groups -OCH3 is 1. The van der Waals surface area contributed by atoms with Crippen LogP contribution in [0, 0.1) is 11.7 Å². The summed E-state index contributed by atoms with van der Waals surface area (Å²) in [5, 5.41) is 9.92. The van der Waals surface area contributed by atoms with E-state index in [-0.39, 0.29) is 11.7 Å². The van der Waals surface area contributed by atoms with Gasteiger partial charge in [-0.25, -0.2) is 4.39 Å². The van der Waals surface area contributed by atoms with Crippen LogP contribution in [0.3, 0.4) is 0 Å². The van der Waals surface area contributed by atoms with Crippen LogP contribution in [0.5, 0.6) is 5.75 Å². The van der Waals surface area contributed by atoms with E-state index in [2.05, 4.69) is 0 Å². The van der Waals surface area contributed by atoms with Gasteiger partial charge in [-0.1, -0.05) is 12.1 Å². The van der Waals surface area contributed by atoms with E-state index in [1.807, 2.05) is 0 Å². The van der Waals surface area contributed by atoms with Gasteiger partial charge in [0.05, 0.1) is 19.3 Å². The molecule has 0 aliphatic heterocycles. The van der Waals surface area contributed by atoms with E-state index in [4.69, 9.17) is 10.5 Å². The number of hydrogen-bond donors (Lipinski definition) is 2. The Kier molecular flexibility index (Phi) is 3.12. The molecule has 1 aromatic carbocycles. The van der Waals surface area contributed by atoms with Crippen molar-refractivity contribution >= 4 is 0 Å². The fourth-order valence-electron chi connectivity index (χ4n) is 1.92. The Morgan fingerprint density at radius 2 is 2.19 bits per heavy atom. The second-order valence-electron chi connectivity index (χ2n) is 4.22. The smallest absolute Gasteiger partial charge is 0.165 e. The van der Waals surface area contributed by atoms with E-state index in [0.717, 1.165) is 12.8 Å². The molecule has 0 heterocycles. The minimum absolute atomic E-state index is 0.134. The standard InChI is InChI=1S/C12H16FNO2/c1-16-12-8(3-2-4-9(12)13)10(14)11(15)7-5-6-7/h2-4,7,10-11,15H,5-6,14H2,1H3/t10-,11+/m1/s1. The highest BCUT2D eigenvalue weighted by Crippen LogP contribution is 2.39. The van der Waals surface area contributed by atoms with E-state index in [0.29, 0.717) is 5.56 Å². The van der Waals surface area contributed by atoms with Gasteiger partial charge in [0.15, 0.2) is 11.6 Å². The first-order chi connectivity index (χ1) is 7.65. The summed E-state index contributed by atoms with van der Waals surface area (Å²) in [4.78, 5) is 0. The van der Waals surface area contributed by atoms with Gasteiger partial charge < -0.3 is 15.6 Å². The predicted octanol–water partition coefficient (Wildman–Crippen LogP) is 1.60. The number of aliphatic hydroxyl groups excluding tert-OH is 1. The summed E-state index contributed by atoms with van der Waals surface area (Å²) in [6.45, 7) is 0. The summed E-state index contributed by atoms with van der Waals surface area (Å²) in [5.74, 6) is -0.0591. The van der Waals surface area contributed by atoms with Gasteiger partial charge in [-0.15, -0.1) is 0 Å². The molecule has 0 amide bonds. The Morgan fingerprint density at radius 3 is 2.75 bits per heavy atom. The van der Waals surface area contributed by atoms with Gasteiger partial charge in [-0.2, -0.15) is 0 Å². The molecule has 1 aliphatic rings. The molecule has 0 saturated heterocycles. The molecule has 0 bridgehead atoms. The average molecular weight is 225 g/mol. The maximum absolute atomic E-state index is 13.4. The van der Waals surface area contributed by atoms with Crippen LogP contribution in [0.4, 0.5) is 4.39 Å². The van der Waals surface area contributed by atoms with E-state index < -0.39 is 18.0 Å². The van der Waals surface area contributed by atoms with Crippen LogP contribution in [-0.2, 0) is 0 Å². The summed E-state index contributed by atoms with van der Waals surface area (Å²) in [7, 11) is 1.40. The third-order valence-corrected chi connectivity index (χ3v) is 3.03. The summed E-state index contributed by atoms with van der Waals surface area (Å²) < 4.78 is 18.4. The van der Waals surface area contributed by atoms with Crippen molar-refractivity contribution in [3.8, 4) is 5.75 Å². The second-order valence-corrected chi connectivity index (χ2v) is 4.22. The number of rotatable bonds is 4. The molecule has 1 aromatic rings. The molecule has 2 rings (SSSR count). The largest absolute Gasteiger partial charge is 0.493 e. The van der Waals surface area contributed by atoms with E-state index >= 15 is 0 Å². The number of para-hydroxylation sites is 1. The lowest BCUT2D eigenvalue weighted by Crippen LogP contribution is -2.28. The highest BCUT2D eigenvalue weighted by Gasteiger charge is 2.35. The normalized spacial score (nSPS) is 19.2. The van der Waals surface area contributed by atoms with Crippen LogP contribution in [0.15, 0.2) is 18.2 Å². The van der Waals surface area contributed by atoms with Crippen molar-refractivity contribution < 1.29 is 14.2 Å². The van der Waals surface area contributed by atoms with E-state index in [1.54, 1.807) is 12.1 Å². The Balaban J connectivity index is 2.27. The van der Waals surface area contributed by atoms with E-state index in [1.165, 1.54) is 13.2 Å². The SMILES string of the molecule is COc1c(F)cccc1[C@@H](N)[C@@H](O)C1CC1. The predicted molar refractivity (Wildman–Crippen MR) is 58.6 cm³/mol. The van der Waals surface area contributed by atoms with Gasteiger partial charge in [0.1, 0.15) is 0 Å². The second kappa shape index (κ2) is 4.39. The van der Waals surface area contributed by atoms with Crippen molar-refractivity contribution in [3.05, 3.63) is 29.6 Å². The molecule has 0 radical (unpaired) electrons. The average Bonchev–Trinajstić information content (AvgIpc) is 3.10. The zero-order valence-electron chi connectivity index (χ0n) is 9.19. The van der Waals surface area contributed by atoms with E-state index in [9.17, 15) is 9.50 Å². The van der Waals surface area contributed by atoms with Crippen LogP contribution in [-0.4, -0.2) is 18.3 Å². The van der Waals surface area contributed by atoms with Crippen LogP contribution in [0.1, 0.15) is 24.4 Å². The van der Waals surface area contributed by atoms with Crippen molar-refractivity contribution in [2.45, 2.75) is 25.0 Å². The third-order valence-electron chi connectivity index (χ3n) is 3.03. The molecule has 1 saturated carbocycles. The molecule has 88 valence electrons. The molecule has 1 fully saturated rings. The number of benzene rings is 1. The molecule has 1 aliphatic carbocycles. The summed E-state index contributed by atoms with van der Waals surface area (Å²) in [6.07, 6.45) is 1.37. The lowest BCUT2D eigenvalue weighted by molar-refractivity contribution is 0.121. The number of aliphatic hydroxyl groups is 1. The van der Waals surface area contributed by atoms with Gasteiger partial charge in [0.2, 0.25) is 0 Å². The maximum atomic E-state index is 13.4. The van der Waals surface area contributed by atoms with Gasteiger partial charge in [-0.3, -0.25) is 0 Å². The number of ether oxygens (including phenoxy) is 1.